The Morgan fingerprint density at radius 2 is 1.78 bits per heavy atom. The van der Waals surface area contributed by atoms with Crippen LogP contribution >= 0.6 is 0 Å². The summed E-state index contributed by atoms with van der Waals surface area (Å²) in [6.45, 7) is 4.48. The van der Waals surface area contributed by atoms with E-state index in [1.54, 1.807) is 6.20 Å². The van der Waals surface area contributed by atoms with Gasteiger partial charge >= 0.3 is 5.97 Å². The number of pyridine rings is 1. The lowest BCUT2D eigenvalue weighted by atomic mass is 9.92. The largest absolute Gasteiger partial charge is 0.481 e. The van der Waals surface area contributed by atoms with Gasteiger partial charge in [0.2, 0.25) is 18.2 Å². The topological polar surface area (TPSA) is 120 Å². The lowest BCUT2D eigenvalue weighted by molar-refractivity contribution is -0.147. The number of likely N-dealkylation sites (tertiary alicyclic amines) is 1. The monoisotopic (exact) mass is 444 g/mol. The number of imide groups is 1. The summed E-state index contributed by atoms with van der Waals surface area (Å²) in [4.78, 5) is 55.3. The first-order valence-electron chi connectivity index (χ1n) is 11.4. The fourth-order valence-electron chi connectivity index (χ4n) is 4.65. The van der Waals surface area contributed by atoms with Gasteiger partial charge in [0.15, 0.2) is 0 Å². The molecule has 2 saturated heterocycles. The molecule has 0 bridgehead atoms. The Morgan fingerprint density at radius 1 is 1.12 bits per heavy atom. The molecule has 9 nitrogen and oxygen atoms in total. The summed E-state index contributed by atoms with van der Waals surface area (Å²) in [5, 5.41) is 11.4. The summed E-state index contributed by atoms with van der Waals surface area (Å²) >= 11 is 0. The number of aromatic nitrogens is 1. The zero-order valence-electron chi connectivity index (χ0n) is 18.5. The van der Waals surface area contributed by atoms with Gasteiger partial charge in [-0.15, -0.1) is 0 Å². The summed E-state index contributed by atoms with van der Waals surface area (Å²) in [7, 11) is 0. The molecule has 0 radical (unpaired) electrons. The highest BCUT2D eigenvalue weighted by atomic mass is 16.4. The molecule has 32 heavy (non-hydrogen) atoms. The molecule has 9 heteroatoms. The Balaban J connectivity index is 1.53. The van der Waals surface area contributed by atoms with Crippen LogP contribution in [0.25, 0.3) is 0 Å². The lowest BCUT2D eigenvalue weighted by Gasteiger charge is -2.37. The van der Waals surface area contributed by atoms with Crippen molar-refractivity contribution in [3.63, 3.8) is 0 Å². The highest BCUT2D eigenvalue weighted by Crippen LogP contribution is 2.27. The highest BCUT2D eigenvalue weighted by Gasteiger charge is 2.32. The van der Waals surface area contributed by atoms with E-state index in [0.717, 1.165) is 43.7 Å². The molecule has 1 aromatic heterocycles. The fraction of sp³-hybridized carbons (Fsp3) is 0.609. The molecule has 0 saturated carbocycles. The number of carbonyl (C=O) groups is 4. The Bertz CT molecular complexity index is 812. The van der Waals surface area contributed by atoms with E-state index in [0.29, 0.717) is 38.8 Å². The second-order valence-corrected chi connectivity index (χ2v) is 8.62. The number of piperidine rings is 2. The summed E-state index contributed by atoms with van der Waals surface area (Å²) in [5.41, 5.74) is 0.782. The van der Waals surface area contributed by atoms with E-state index in [4.69, 9.17) is 5.11 Å². The minimum Gasteiger partial charge on any atom is -0.481 e. The lowest BCUT2D eigenvalue weighted by Crippen LogP contribution is -2.46. The van der Waals surface area contributed by atoms with Gasteiger partial charge in [-0.05, 0) is 43.7 Å². The van der Waals surface area contributed by atoms with Crippen LogP contribution in [0, 0.1) is 11.8 Å². The predicted octanol–water partition coefficient (Wildman–Crippen LogP) is 1.78. The molecular weight excluding hydrogens is 412 g/mol. The maximum absolute atomic E-state index is 12.9. The van der Waals surface area contributed by atoms with Gasteiger partial charge in [-0.25, -0.2) is 4.98 Å². The van der Waals surface area contributed by atoms with Gasteiger partial charge < -0.3 is 14.9 Å². The molecule has 0 aromatic carbocycles. The zero-order valence-corrected chi connectivity index (χ0v) is 18.5. The third-order valence-corrected chi connectivity index (χ3v) is 6.59. The number of anilines is 1. The molecule has 3 amide bonds. The number of carboxylic acid groups (broad SMARTS) is 1. The van der Waals surface area contributed by atoms with Crippen LogP contribution in [0.15, 0.2) is 18.3 Å². The van der Waals surface area contributed by atoms with Crippen molar-refractivity contribution in [3.05, 3.63) is 23.9 Å². The van der Waals surface area contributed by atoms with Gasteiger partial charge in [-0.2, -0.15) is 0 Å². The minimum absolute atomic E-state index is 0.0344. The second kappa shape index (κ2) is 11.1. The third-order valence-electron chi connectivity index (χ3n) is 6.59. The zero-order chi connectivity index (χ0) is 23.1. The van der Waals surface area contributed by atoms with Gasteiger partial charge in [-0.3, -0.25) is 24.5 Å². The first kappa shape index (κ1) is 23.7. The molecule has 3 heterocycles. The number of amides is 3. The van der Waals surface area contributed by atoms with Crippen molar-refractivity contribution < 1.29 is 24.3 Å². The van der Waals surface area contributed by atoms with Crippen molar-refractivity contribution in [1.82, 2.24) is 15.2 Å². The van der Waals surface area contributed by atoms with Gasteiger partial charge in [0, 0.05) is 38.3 Å². The van der Waals surface area contributed by atoms with Gasteiger partial charge in [0.05, 0.1) is 11.8 Å². The molecule has 2 aliphatic rings. The summed E-state index contributed by atoms with van der Waals surface area (Å²) in [5.74, 6) is -0.907. The molecule has 0 spiro atoms. The van der Waals surface area contributed by atoms with Crippen LogP contribution in [0.3, 0.4) is 0 Å². The van der Waals surface area contributed by atoms with Crippen LogP contribution in [-0.2, 0) is 19.2 Å². The number of hydrogen-bond acceptors (Lipinski definition) is 6. The van der Waals surface area contributed by atoms with Crippen molar-refractivity contribution in [3.8, 4) is 0 Å². The van der Waals surface area contributed by atoms with E-state index in [2.05, 4.69) is 15.2 Å². The average Bonchev–Trinajstić information content (AvgIpc) is 2.82. The van der Waals surface area contributed by atoms with E-state index in [-0.39, 0.29) is 23.7 Å². The average molecular weight is 445 g/mol. The quantitative estimate of drug-likeness (QED) is 0.587. The Hall–Kier alpha value is -2.97. The molecular formula is C23H32N4O5. The van der Waals surface area contributed by atoms with Crippen molar-refractivity contribution in [2.75, 3.05) is 31.1 Å². The van der Waals surface area contributed by atoms with E-state index in [1.165, 1.54) is 0 Å². The van der Waals surface area contributed by atoms with Crippen molar-refractivity contribution in [2.24, 2.45) is 11.8 Å². The highest BCUT2D eigenvalue weighted by molar-refractivity contribution is 5.91. The van der Waals surface area contributed by atoms with Crippen LogP contribution in [-0.4, -0.2) is 65.4 Å². The maximum atomic E-state index is 12.9. The van der Waals surface area contributed by atoms with Crippen LogP contribution in [0.4, 0.5) is 5.82 Å². The fourth-order valence-corrected chi connectivity index (χ4v) is 4.65. The molecule has 174 valence electrons. The van der Waals surface area contributed by atoms with Crippen molar-refractivity contribution in [1.29, 1.82) is 0 Å². The number of nitrogens with zero attached hydrogens (tertiary/aromatic N) is 3. The molecule has 1 aromatic rings. The molecule has 1 atom stereocenters. The Morgan fingerprint density at radius 3 is 2.31 bits per heavy atom. The maximum Gasteiger partial charge on any atom is 0.306 e. The standard InChI is InChI=1S/C23H32N4O5/c1-2-3-19(21(29)25-15-28)18-4-5-20(24-14-18)26-10-6-16(7-11-26)22(30)27-12-8-17(9-13-27)23(31)32/h4-5,14-17,19H,2-3,6-13H2,1H3,(H,31,32)(H,25,28,29). The van der Waals surface area contributed by atoms with E-state index in [1.807, 2.05) is 24.0 Å². The van der Waals surface area contributed by atoms with E-state index < -0.39 is 11.9 Å². The van der Waals surface area contributed by atoms with Crippen molar-refractivity contribution >= 4 is 30.0 Å². The Kier molecular flexibility index (Phi) is 8.19. The number of hydrogen-bond donors (Lipinski definition) is 2. The van der Waals surface area contributed by atoms with Crippen LogP contribution in [0.2, 0.25) is 0 Å². The number of rotatable bonds is 8. The SMILES string of the molecule is CCCC(C(=O)NC=O)c1ccc(N2CCC(C(=O)N3CCC(C(=O)O)CC3)CC2)nc1. The van der Waals surface area contributed by atoms with Crippen LogP contribution < -0.4 is 10.2 Å². The number of carboxylic acids is 1. The summed E-state index contributed by atoms with van der Waals surface area (Å²) < 4.78 is 0. The smallest absolute Gasteiger partial charge is 0.306 e. The minimum atomic E-state index is -0.769. The normalized spacial score (nSPS) is 18.8. The number of aliphatic carboxylic acids is 1. The van der Waals surface area contributed by atoms with E-state index >= 15 is 0 Å². The molecule has 2 fully saturated rings. The summed E-state index contributed by atoms with van der Waals surface area (Å²) in [6, 6.07) is 3.78. The van der Waals surface area contributed by atoms with Gasteiger partial charge in [-0.1, -0.05) is 19.4 Å². The first-order chi connectivity index (χ1) is 15.4. The number of carbonyl (C=O) groups excluding carboxylic acids is 3. The molecule has 1 unspecified atom stereocenters. The summed E-state index contributed by atoms with van der Waals surface area (Å²) in [6.07, 6.45) is 6.09. The van der Waals surface area contributed by atoms with Gasteiger partial charge in [0.25, 0.3) is 0 Å². The second-order valence-electron chi connectivity index (χ2n) is 8.62. The van der Waals surface area contributed by atoms with Crippen LogP contribution in [0.1, 0.15) is 56.9 Å². The third kappa shape index (κ3) is 5.63. The molecule has 2 N–H and O–H groups in total. The van der Waals surface area contributed by atoms with E-state index in [9.17, 15) is 19.2 Å². The molecule has 2 aliphatic heterocycles. The van der Waals surface area contributed by atoms with Crippen molar-refractivity contribution in [2.45, 2.75) is 51.4 Å². The number of nitrogens with one attached hydrogen (secondary N) is 1. The predicted molar refractivity (Wildman–Crippen MR) is 118 cm³/mol. The molecule has 0 aliphatic carbocycles. The Labute approximate surface area is 188 Å². The van der Waals surface area contributed by atoms with Gasteiger partial charge in [0.1, 0.15) is 5.82 Å². The first-order valence-corrected chi connectivity index (χ1v) is 11.4. The van der Waals surface area contributed by atoms with Crippen LogP contribution in [0.5, 0.6) is 0 Å². The molecule has 3 rings (SSSR count).